The number of hydrogen-bond acceptors (Lipinski definition) is 4. The van der Waals surface area contributed by atoms with E-state index < -0.39 is 17.8 Å². The summed E-state index contributed by atoms with van der Waals surface area (Å²) in [5, 5.41) is 2.81. The van der Waals surface area contributed by atoms with Crippen LogP contribution >= 0.6 is 0 Å². The number of anilines is 2. The molecular weight excluding hydrogens is 368 g/mol. The molecule has 1 aliphatic rings. The molecule has 2 amide bonds. The Balaban J connectivity index is 1.57. The SMILES string of the molecule is Cc1cc(C)c(NC(=O)COC(=O)[C@H]2CC(=O)N(c3ccccc3C)C2)c(C)c1. The molecule has 1 saturated heterocycles. The quantitative estimate of drug-likeness (QED) is 0.788. The van der Waals surface area contributed by atoms with Gasteiger partial charge in [0.25, 0.3) is 5.91 Å². The average molecular weight is 394 g/mol. The molecule has 6 heteroatoms. The molecule has 0 saturated carbocycles. The lowest BCUT2D eigenvalue weighted by molar-refractivity contribution is -0.151. The number of rotatable bonds is 5. The van der Waals surface area contributed by atoms with Crippen LogP contribution in [-0.2, 0) is 19.1 Å². The Morgan fingerprint density at radius 3 is 2.38 bits per heavy atom. The number of carbonyl (C=O) groups is 3. The Morgan fingerprint density at radius 2 is 1.72 bits per heavy atom. The van der Waals surface area contributed by atoms with Crippen LogP contribution < -0.4 is 10.2 Å². The van der Waals surface area contributed by atoms with E-state index in [-0.39, 0.29) is 25.5 Å². The predicted molar refractivity (Wildman–Crippen MR) is 112 cm³/mol. The van der Waals surface area contributed by atoms with Gasteiger partial charge in [-0.1, -0.05) is 35.9 Å². The first-order chi connectivity index (χ1) is 13.8. The highest BCUT2D eigenvalue weighted by atomic mass is 16.5. The fourth-order valence-corrected chi connectivity index (χ4v) is 3.77. The van der Waals surface area contributed by atoms with E-state index >= 15 is 0 Å². The monoisotopic (exact) mass is 394 g/mol. The summed E-state index contributed by atoms with van der Waals surface area (Å²) in [6, 6.07) is 11.5. The second-order valence-corrected chi connectivity index (χ2v) is 7.62. The van der Waals surface area contributed by atoms with Gasteiger partial charge >= 0.3 is 5.97 Å². The summed E-state index contributed by atoms with van der Waals surface area (Å²) < 4.78 is 5.20. The first-order valence-electron chi connectivity index (χ1n) is 9.66. The second-order valence-electron chi connectivity index (χ2n) is 7.62. The van der Waals surface area contributed by atoms with Crippen molar-refractivity contribution in [1.29, 1.82) is 0 Å². The van der Waals surface area contributed by atoms with E-state index in [1.807, 2.05) is 64.1 Å². The number of nitrogens with zero attached hydrogens (tertiary/aromatic N) is 1. The van der Waals surface area contributed by atoms with Gasteiger partial charge in [0.05, 0.1) is 5.92 Å². The summed E-state index contributed by atoms with van der Waals surface area (Å²) in [6.07, 6.45) is 0.0883. The Bertz CT molecular complexity index is 944. The van der Waals surface area contributed by atoms with Crippen LogP contribution in [0.25, 0.3) is 0 Å². The molecule has 0 unspecified atom stereocenters. The van der Waals surface area contributed by atoms with Crippen molar-refractivity contribution in [2.75, 3.05) is 23.4 Å². The first kappa shape index (κ1) is 20.6. The number of benzene rings is 2. The van der Waals surface area contributed by atoms with Gasteiger partial charge in [-0.05, 0) is 50.5 Å². The van der Waals surface area contributed by atoms with Gasteiger partial charge in [-0.2, -0.15) is 0 Å². The zero-order valence-corrected chi connectivity index (χ0v) is 17.2. The van der Waals surface area contributed by atoms with E-state index in [2.05, 4.69) is 5.32 Å². The number of hydrogen-bond donors (Lipinski definition) is 1. The maximum atomic E-state index is 12.4. The minimum Gasteiger partial charge on any atom is -0.455 e. The Labute approximate surface area is 170 Å². The van der Waals surface area contributed by atoms with Crippen molar-refractivity contribution in [3.05, 3.63) is 58.7 Å². The summed E-state index contributed by atoms with van der Waals surface area (Å²) in [5.74, 6) is -1.61. The summed E-state index contributed by atoms with van der Waals surface area (Å²) in [5.41, 5.74) is 5.54. The van der Waals surface area contributed by atoms with Crippen molar-refractivity contribution in [1.82, 2.24) is 0 Å². The molecule has 1 heterocycles. The van der Waals surface area contributed by atoms with Crippen LogP contribution in [-0.4, -0.2) is 30.9 Å². The maximum Gasteiger partial charge on any atom is 0.311 e. The lowest BCUT2D eigenvalue weighted by atomic mass is 10.1. The van der Waals surface area contributed by atoms with Crippen LogP contribution in [0, 0.1) is 33.6 Å². The van der Waals surface area contributed by atoms with Gasteiger partial charge in [-0.25, -0.2) is 0 Å². The van der Waals surface area contributed by atoms with Crippen molar-refractivity contribution in [2.45, 2.75) is 34.1 Å². The summed E-state index contributed by atoms with van der Waals surface area (Å²) >= 11 is 0. The van der Waals surface area contributed by atoms with Crippen LogP contribution in [0.2, 0.25) is 0 Å². The second kappa shape index (κ2) is 8.47. The molecule has 1 N–H and O–H groups in total. The van der Waals surface area contributed by atoms with Gasteiger partial charge in [0.15, 0.2) is 6.61 Å². The number of amides is 2. The smallest absolute Gasteiger partial charge is 0.311 e. The molecule has 2 aromatic carbocycles. The van der Waals surface area contributed by atoms with Gasteiger partial charge < -0.3 is 15.0 Å². The highest BCUT2D eigenvalue weighted by Crippen LogP contribution is 2.28. The van der Waals surface area contributed by atoms with Gasteiger partial charge in [-0.3, -0.25) is 14.4 Å². The van der Waals surface area contributed by atoms with Crippen molar-refractivity contribution >= 4 is 29.2 Å². The van der Waals surface area contributed by atoms with Crippen molar-refractivity contribution in [3.63, 3.8) is 0 Å². The van der Waals surface area contributed by atoms with E-state index in [9.17, 15) is 14.4 Å². The third-order valence-electron chi connectivity index (χ3n) is 5.15. The summed E-state index contributed by atoms with van der Waals surface area (Å²) in [4.78, 5) is 38.6. The molecule has 0 bridgehead atoms. The predicted octanol–water partition coefficient (Wildman–Crippen LogP) is 3.46. The Hall–Kier alpha value is -3.15. The molecule has 0 aromatic heterocycles. The van der Waals surface area contributed by atoms with E-state index in [0.29, 0.717) is 0 Å². The molecule has 0 spiro atoms. The van der Waals surface area contributed by atoms with Crippen LogP contribution in [0.3, 0.4) is 0 Å². The maximum absolute atomic E-state index is 12.4. The lowest BCUT2D eigenvalue weighted by Gasteiger charge is -2.18. The molecule has 0 radical (unpaired) electrons. The fourth-order valence-electron chi connectivity index (χ4n) is 3.77. The van der Waals surface area contributed by atoms with Gasteiger partial charge in [0.1, 0.15) is 0 Å². The zero-order chi connectivity index (χ0) is 21.1. The van der Waals surface area contributed by atoms with Gasteiger partial charge in [0, 0.05) is 24.3 Å². The Kier molecular flexibility index (Phi) is 6.01. The normalized spacial score (nSPS) is 16.1. The minimum absolute atomic E-state index is 0.0883. The molecule has 152 valence electrons. The molecule has 1 aliphatic heterocycles. The molecule has 0 aliphatic carbocycles. The van der Waals surface area contributed by atoms with Gasteiger partial charge in [-0.15, -0.1) is 0 Å². The van der Waals surface area contributed by atoms with E-state index in [1.165, 1.54) is 0 Å². The molecule has 6 nitrogen and oxygen atoms in total. The number of para-hydroxylation sites is 1. The highest BCUT2D eigenvalue weighted by molar-refractivity contribution is 6.00. The number of aryl methyl sites for hydroxylation is 4. The van der Waals surface area contributed by atoms with E-state index in [1.54, 1.807) is 4.90 Å². The third-order valence-corrected chi connectivity index (χ3v) is 5.15. The Morgan fingerprint density at radius 1 is 1.07 bits per heavy atom. The van der Waals surface area contributed by atoms with Gasteiger partial charge in [0.2, 0.25) is 5.91 Å². The lowest BCUT2D eigenvalue weighted by Crippen LogP contribution is -2.28. The molecule has 1 fully saturated rings. The zero-order valence-electron chi connectivity index (χ0n) is 17.2. The van der Waals surface area contributed by atoms with Crippen LogP contribution in [0.1, 0.15) is 28.7 Å². The number of esters is 1. The van der Waals surface area contributed by atoms with Crippen LogP contribution in [0.15, 0.2) is 36.4 Å². The fraction of sp³-hybridized carbons (Fsp3) is 0.348. The number of ether oxygens (including phenoxy) is 1. The summed E-state index contributed by atoms with van der Waals surface area (Å²) in [6.45, 7) is 7.66. The molecule has 2 aromatic rings. The largest absolute Gasteiger partial charge is 0.455 e. The topological polar surface area (TPSA) is 75.7 Å². The molecule has 3 rings (SSSR count). The minimum atomic E-state index is -0.572. The number of nitrogens with one attached hydrogen (secondary N) is 1. The van der Waals surface area contributed by atoms with Crippen molar-refractivity contribution < 1.29 is 19.1 Å². The average Bonchev–Trinajstić information content (AvgIpc) is 3.04. The van der Waals surface area contributed by atoms with E-state index in [4.69, 9.17) is 4.74 Å². The van der Waals surface area contributed by atoms with E-state index in [0.717, 1.165) is 33.6 Å². The van der Waals surface area contributed by atoms with Crippen molar-refractivity contribution in [2.24, 2.45) is 5.92 Å². The van der Waals surface area contributed by atoms with Crippen LogP contribution in [0.5, 0.6) is 0 Å². The van der Waals surface area contributed by atoms with Crippen molar-refractivity contribution in [3.8, 4) is 0 Å². The van der Waals surface area contributed by atoms with Crippen LogP contribution in [0.4, 0.5) is 11.4 Å². The number of carbonyl (C=O) groups excluding carboxylic acids is 3. The molecule has 29 heavy (non-hydrogen) atoms. The third kappa shape index (κ3) is 4.65. The molecular formula is C23H26N2O4. The highest BCUT2D eigenvalue weighted by Gasteiger charge is 2.36. The first-order valence-corrected chi connectivity index (χ1v) is 9.66. The summed E-state index contributed by atoms with van der Waals surface area (Å²) in [7, 11) is 0. The molecule has 1 atom stereocenters. The standard InChI is InChI=1S/C23H26N2O4/c1-14-9-16(3)22(17(4)10-14)24-20(26)13-29-23(28)18-11-21(27)25(12-18)19-8-6-5-7-15(19)2/h5-10,18H,11-13H2,1-4H3,(H,24,26)/t18-/m0/s1.